The fraction of sp³-hybridized carbons (Fsp3) is 0.0833. The quantitative estimate of drug-likeness (QED) is 0.164. The van der Waals surface area contributed by atoms with Crippen LogP contribution in [0, 0.1) is 11.3 Å². The third-order valence-corrected chi connectivity index (χ3v) is 6.79. The monoisotopic (exact) mass is 621 g/mol. The van der Waals surface area contributed by atoms with Crippen molar-refractivity contribution in [3.8, 4) is 23.3 Å². The molecule has 0 heterocycles. The van der Waals surface area contributed by atoms with Gasteiger partial charge in [0.25, 0.3) is 11.8 Å². The van der Waals surface area contributed by atoms with Crippen LogP contribution in [0.4, 0.5) is 18.9 Å². The van der Waals surface area contributed by atoms with Gasteiger partial charge in [-0.1, -0.05) is 48.5 Å². The molecule has 1 atom stereocenters. The van der Waals surface area contributed by atoms with Crippen LogP contribution in [-0.4, -0.2) is 11.8 Å². The Hall–Kier alpha value is -6.08. The summed E-state index contributed by atoms with van der Waals surface area (Å²) in [5.74, 6) is -0.0313. The first kappa shape index (κ1) is 31.3. The molecule has 7 nitrogen and oxygen atoms in total. The van der Waals surface area contributed by atoms with E-state index in [2.05, 4.69) is 10.6 Å². The van der Waals surface area contributed by atoms with E-state index in [1.807, 2.05) is 36.4 Å². The minimum atomic E-state index is -4.46. The van der Waals surface area contributed by atoms with Crippen molar-refractivity contribution in [1.82, 2.24) is 5.32 Å². The number of amides is 2. The molecule has 5 rings (SSSR count). The summed E-state index contributed by atoms with van der Waals surface area (Å²) in [6, 6.07) is 33.9. The van der Waals surface area contributed by atoms with Gasteiger partial charge in [0, 0.05) is 11.3 Å². The van der Waals surface area contributed by atoms with Crippen LogP contribution in [-0.2, 0) is 17.6 Å². The number of ether oxygens (including phenoxy) is 2. The third-order valence-electron chi connectivity index (χ3n) is 6.79. The van der Waals surface area contributed by atoms with Crippen molar-refractivity contribution >= 4 is 17.5 Å². The van der Waals surface area contributed by atoms with Crippen molar-refractivity contribution in [2.75, 3.05) is 5.32 Å². The molecule has 0 fully saturated rings. The molecule has 0 saturated carbocycles. The van der Waals surface area contributed by atoms with Crippen LogP contribution >= 0.6 is 0 Å². The van der Waals surface area contributed by atoms with Gasteiger partial charge in [-0.2, -0.15) is 18.4 Å². The van der Waals surface area contributed by atoms with Gasteiger partial charge >= 0.3 is 6.18 Å². The first-order valence-corrected chi connectivity index (χ1v) is 14.0. The van der Waals surface area contributed by atoms with E-state index >= 15 is 0 Å². The molecule has 5 aromatic carbocycles. The lowest BCUT2D eigenvalue weighted by atomic mass is 10.0. The molecule has 0 spiro atoms. The predicted molar refractivity (Wildman–Crippen MR) is 165 cm³/mol. The first-order chi connectivity index (χ1) is 22.2. The summed E-state index contributed by atoms with van der Waals surface area (Å²) >= 11 is 0. The highest BCUT2D eigenvalue weighted by atomic mass is 19.4. The molecule has 2 N–H and O–H groups in total. The minimum Gasteiger partial charge on any atom is -0.489 e. The van der Waals surface area contributed by atoms with Crippen LogP contribution in [0.2, 0.25) is 0 Å². The highest BCUT2D eigenvalue weighted by Gasteiger charge is 2.30. The van der Waals surface area contributed by atoms with Gasteiger partial charge in [0.15, 0.2) is 0 Å². The summed E-state index contributed by atoms with van der Waals surface area (Å²) in [4.78, 5) is 26.8. The zero-order chi connectivity index (χ0) is 32.5. The Kier molecular flexibility index (Phi) is 9.63. The zero-order valence-electron chi connectivity index (χ0n) is 24.1. The summed E-state index contributed by atoms with van der Waals surface area (Å²) in [6.45, 7) is 0.356. The van der Waals surface area contributed by atoms with E-state index < -0.39 is 29.6 Å². The first-order valence-electron chi connectivity index (χ1n) is 14.0. The number of hydrogen-bond acceptors (Lipinski definition) is 5. The molecule has 5 aromatic rings. The maximum atomic E-state index is 13.5. The number of nitriles is 1. The number of hydrogen-bond donors (Lipinski definition) is 2. The van der Waals surface area contributed by atoms with Crippen LogP contribution in [0.5, 0.6) is 17.2 Å². The smallest absolute Gasteiger partial charge is 0.416 e. The lowest BCUT2D eigenvalue weighted by molar-refractivity contribution is -0.137. The number of nitrogens with one attached hydrogen (secondary N) is 2. The van der Waals surface area contributed by atoms with Gasteiger partial charge in [0.1, 0.15) is 29.9 Å². The van der Waals surface area contributed by atoms with Crippen LogP contribution in [0.1, 0.15) is 38.7 Å². The summed E-state index contributed by atoms with van der Waals surface area (Å²) in [5.41, 5.74) is 1.64. The molecule has 10 heteroatoms. The van der Waals surface area contributed by atoms with E-state index in [1.165, 1.54) is 42.5 Å². The molecule has 0 bridgehead atoms. The maximum absolute atomic E-state index is 13.5. The fourth-order valence-corrected chi connectivity index (χ4v) is 4.42. The average Bonchev–Trinajstić information content (AvgIpc) is 3.07. The molecule has 0 saturated heterocycles. The number of anilines is 1. The second-order valence-corrected chi connectivity index (χ2v) is 10.1. The van der Waals surface area contributed by atoms with Gasteiger partial charge in [0.05, 0.1) is 17.2 Å². The molecule has 46 heavy (non-hydrogen) atoms. The Morgan fingerprint density at radius 1 is 0.761 bits per heavy atom. The Bertz CT molecular complexity index is 1840. The maximum Gasteiger partial charge on any atom is 0.416 e. The lowest BCUT2D eigenvalue weighted by Gasteiger charge is -2.20. The second-order valence-electron chi connectivity index (χ2n) is 10.1. The van der Waals surface area contributed by atoms with Crippen LogP contribution in [0.25, 0.3) is 0 Å². The minimum absolute atomic E-state index is 0.193. The number of benzene rings is 5. The standard InChI is InChI=1S/C36H26F3N3O4/c37-36(38,39)28-13-19-32(20-14-28)46-31-17-11-27(12-18-31)34(43)42-33(35(44)41-29-8-4-7-25(21-29)22-40)26-9-15-30(16-10-26)45-23-24-5-2-1-3-6-24/h1-21,33H,23H2,(H,41,44)(H,42,43)/t33-/m0/s1. The Balaban J connectivity index is 1.30. The third kappa shape index (κ3) is 8.30. The van der Waals surface area contributed by atoms with E-state index in [0.29, 0.717) is 34.9 Å². The van der Waals surface area contributed by atoms with Gasteiger partial charge in [-0.3, -0.25) is 9.59 Å². The Morgan fingerprint density at radius 3 is 2.02 bits per heavy atom. The normalized spacial score (nSPS) is 11.5. The Labute approximate surface area is 262 Å². The zero-order valence-corrected chi connectivity index (χ0v) is 24.1. The molecule has 0 aliphatic carbocycles. The Morgan fingerprint density at radius 2 is 1.39 bits per heavy atom. The summed E-state index contributed by atoms with van der Waals surface area (Å²) in [7, 11) is 0. The molecule has 2 amide bonds. The van der Waals surface area contributed by atoms with Crippen LogP contribution in [0.15, 0.2) is 127 Å². The largest absolute Gasteiger partial charge is 0.489 e. The average molecular weight is 622 g/mol. The fourth-order valence-electron chi connectivity index (χ4n) is 4.42. The van der Waals surface area contributed by atoms with E-state index in [0.717, 1.165) is 17.7 Å². The molecule has 0 radical (unpaired) electrons. The number of carbonyl (C=O) groups is 2. The van der Waals surface area contributed by atoms with Crippen molar-refractivity contribution in [1.29, 1.82) is 5.26 Å². The summed E-state index contributed by atoms with van der Waals surface area (Å²) in [6.07, 6.45) is -4.46. The number of halogens is 3. The highest BCUT2D eigenvalue weighted by molar-refractivity contribution is 6.01. The van der Waals surface area contributed by atoms with Crippen molar-refractivity contribution in [2.45, 2.75) is 18.8 Å². The van der Waals surface area contributed by atoms with Gasteiger partial charge < -0.3 is 20.1 Å². The van der Waals surface area contributed by atoms with Crippen molar-refractivity contribution < 1.29 is 32.2 Å². The SMILES string of the molecule is N#Cc1cccc(NC(=O)[C@@H](NC(=O)c2ccc(Oc3ccc(C(F)(F)F)cc3)cc2)c2ccc(OCc3ccccc3)cc2)c1. The van der Waals surface area contributed by atoms with Gasteiger partial charge in [-0.15, -0.1) is 0 Å². The molecule has 230 valence electrons. The second kappa shape index (κ2) is 14.1. The molecular formula is C36H26F3N3O4. The summed E-state index contributed by atoms with van der Waals surface area (Å²) < 4.78 is 50.0. The van der Waals surface area contributed by atoms with E-state index in [1.54, 1.807) is 42.5 Å². The molecular weight excluding hydrogens is 595 g/mol. The molecule has 0 aromatic heterocycles. The van der Waals surface area contributed by atoms with E-state index in [4.69, 9.17) is 9.47 Å². The summed E-state index contributed by atoms with van der Waals surface area (Å²) in [5, 5.41) is 14.7. The van der Waals surface area contributed by atoms with Crippen LogP contribution < -0.4 is 20.1 Å². The van der Waals surface area contributed by atoms with Gasteiger partial charge in [-0.25, -0.2) is 0 Å². The van der Waals surface area contributed by atoms with Gasteiger partial charge in [-0.05, 0) is 90.0 Å². The number of carbonyl (C=O) groups excluding carboxylic acids is 2. The van der Waals surface area contributed by atoms with Crippen molar-refractivity contribution in [3.05, 3.63) is 155 Å². The number of nitrogens with zero attached hydrogens (tertiary/aromatic N) is 1. The van der Waals surface area contributed by atoms with E-state index in [9.17, 15) is 28.0 Å². The number of alkyl halides is 3. The molecule has 0 aliphatic rings. The molecule has 0 aliphatic heterocycles. The number of rotatable bonds is 10. The van der Waals surface area contributed by atoms with Gasteiger partial charge in [0.2, 0.25) is 0 Å². The topological polar surface area (TPSA) is 100 Å². The van der Waals surface area contributed by atoms with Crippen molar-refractivity contribution in [3.63, 3.8) is 0 Å². The molecule has 0 unspecified atom stereocenters. The van der Waals surface area contributed by atoms with Crippen LogP contribution in [0.3, 0.4) is 0 Å². The lowest BCUT2D eigenvalue weighted by Crippen LogP contribution is -2.37. The highest BCUT2D eigenvalue weighted by Crippen LogP contribution is 2.31. The van der Waals surface area contributed by atoms with Crippen molar-refractivity contribution in [2.24, 2.45) is 0 Å². The van der Waals surface area contributed by atoms with E-state index in [-0.39, 0.29) is 11.3 Å². The predicted octanol–water partition coefficient (Wildman–Crippen LogP) is 8.06.